The van der Waals surface area contributed by atoms with Gasteiger partial charge >= 0.3 is 0 Å². The van der Waals surface area contributed by atoms with Gasteiger partial charge in [-0.3, -0.25) is 14.5 Å². The second-order valence-corrected chi connectivity index (χ2v) is 8.29. The summed E-state index contributed by atoms with van der Waals surface area (Å²) in [4.78, 5) is 31.2. The Labute approximate surface area is 150 Å². The van der Waals surface area contributed by atoms with Crippen molar-refractivity contribution in [1.82, 2.24) is 14.7 Å². The van der Waals surface area contributed by atoms with Crippen LogP contribution in [-0.2, 0) is 14.3 Å². The Kier molecular flexibility index (Phi) is 5.27. The van der Waals surface area contributed by atoms with Crippen molar-refractivity contribution in [2.45, 2.75) is 32.1 Å². The molecule has 2 aliphatic heterocycles. The lowest BCUT2D eigenvalue weighted by Crippen LogP contribution is -2.53. The number of ether oxygens (including phenoxy) is 1. The van der Waals surface area contributed by atoms with Gasteiger partial charge in [0, 0.05) is 45.7 Å². The van der Waals surface area contributed by atoms with Crippen LogP contribution in [0.25, 0.3) is 0 Å². The Bertz CT molecular complexity index is 498. The molecule has 4 aliphatic rings. The molecule has 2 saturated carbocycles. The lowest BCUT2D eigenvalue weighted by molar-refractivity contribution is -0.141. The molecular formula is C19H31N3O3. The summed E-state index contributed by atoms with van der Waals surface area (Å²) >= 11 is 0. The molecule has 0 aromatic carbocycles. The number of carbonyl (C=O) groups excluding carboxylic acids is 2. The molecule has 140 valence electrons. The van der Waals surface area contributed by atoms with Gasteiger partial charge in [-0.05, 0) is 37.0 Å². The van der Waals surface area contributed by atoms with Crippen LogP contribution in [-0.4, -0.2) is 85.5 Å². The molecule has 4 rings (SSSR count). The Balaban J connectivity index is 1.19. The van der Waals surface area contributed by atoms with Crippen molar-refractivity contribution < 1.29 is 14.3 Å². The van der Waals surface area contributed by atoms with Crippen LogP contribution in [0.2, 0.25) is 0 Å². The molecule has 0 aromatic rings. The van der Waals surface area contributed by atoms with Crippen molar-refractivity contribution >= 4 is 11.8 Å². The van der Waals surface area contributed by atoms with E-state index in [-0.39, 0.29) is 5.91 Å². The van der Waals surface area contributed by atoms with E-state index in [9.17, 15) is 9.59 Å². The summed E-state index contributed by atoms with van der Waals surface area (Å²) in [5, 5.41) is 0. The smallest absolute Gasteiger partial charge is 0.236 e. The highest BCUT2D eigenvalue weighted by molar-refractivity contribution is 5.79. The Morgan fingerprint density at radius 2 is 1.52 bits per heavy atom. The lowest BCUT2D eigenvalue weighted by atomic mass is 9.86. The van der Waals surface area contributed by atoms with Gasteiger partial charge in [0.15, 0.2) is 0 Å². The summed E-state index contributed by atoms with van der Waals surface area (Å²) in [7, 11) is 0. The van der Waals surface area contributed by atoms with Crippen LogP contribution in [0, 0.1) is 17.8 Å². The molecule has 0 radical (unpaired) electrons. The van der Waals surface area contributed by atoms with Crippen molar-refractivity contribution in [3.05, 3.63) is 0 Å². The molecule has 6 nitrogen and oxygen atoms in total. The molecule has 2 aliphatic carbocycles. The number of hydrogen-bond donors (Lipinski definition) is 0. The van der Waals surface area contributed by atoms with Gasteiger partial charge in [-0.2, -0.15) is 0 Å². The fraction of sp³-hybridized carbons (Fsp3) is 0.895. The second kappa shape index (κ2) is 7.62. The minimum absolute atomic E-state index is 0.196. The summed E-state index contributed by atoms with van der Waals surface area (Å²) < 4.78 is 5.33. The molecule has 4 fully saturated rings. The van der Waals surface area contributed by atoms with E-state index in [0.29, 0.717) is 44.5 Å². The normalized spacial score (nSPS) is 33.0. The van der Waals surface area contributed by atoms with E-state index in [2.05, 4.69) is 4.90 Å². The molecule has 0 spiro atoms. The lowest BCUT2D eigenvalue weighted by Gasteiger charge is -2.37. The summed E-state index contributed by atoms with van der Waals surface area (Å²) in [6, 6.07) is 0. The van der Waals surface area contributed by atoms with E-state index in [4.69, 9.17) is 4.74 Å². The van der Waals surface area contributed by atoms with Gasteiger partial charge in [0.2, 0.25) is 11.8 Å². The summed E-state index contributed by atoms with van der Waals surface area (Å²) in [5.41, 5.74) is 0. The predicted molar refractivity (Wildman–Crippen MR) is 94.0 cm³/mol. The topological polar surface area (TPSA) is 53.1 Å². The molecule has 2 bridgehead atoms. The molecule has 6 heteroatoms. The highest BCUT2D eigenvalue weighted by Gasteiger charge is 2.40. The maximum Gasteiger partial charge on any atom is 0.236 e. The molecule has 0 aromatic heterocycles. The summed E-state index contributed by atoms with van der Waals surface area (Å²) in [6.45, 7) is 6.39. The van der Waals surface area contributed by atoms with Gasteiger partial charge in [0.1, 0.15) is 0 Å². The first-order valence-electron chi connectivity index (χ1n) is 10.0. The number of morpholine rings is 1. The van der Waals surface area contributed by atoms with Crippen LogP contribution in [0.15, 0.2) is 0 Å². The van der Waals surface area contributed by atoms with Crippen molar-refractivity contribution in [3.63, 3.8) is 0 Å². The summed E-state index contributed by atoms with van der Waals surface area (Å²) in [5.74, 6) is 2.86. The molecule has 2 heterocycles. The standard InChI is InChI=1S/C19H31N3O3/c23-18(13-17-12-15-1-2-16(17)11-15)21-3-5-22(6-4-21)19(24)14-20-7-9-25-10-8-20/h15-17H,1-14H2. The second-order valence-electron chi connectivity index (χ2n) is 8.29. The molecule has 0 N–H and O–H groups in total. The highest BCUT2D eigenvalue weighted by atomic mass is 16.5. The number of fused-ring (bicyclic) bond motifs is 2. The van der Waals surface area contributed by atoms with Crippen LogP contribution < -0.4 is 0 Å². The van der Waals surface area contributed by atoms with E-state index in [1.807, 2.05) is 9.80 Å². The van der Waals surface area contributed by atoms with E-state index < -0.39 is 0 Å². The largest absolute Gasteiger partial charge is 0.379 e. The number of hydrogen-bond acceptors (Lipinski definition) is 4. The number of amides is 2. The maximum atomic E-state index is 12.6. The van der Waals surface area contributed by atoms with Crippen LogP contribution in [0.3, 0.4) is 0 Å². The summed E-state index contributed by atoms with van der Waals surface area (Å²) in [6.07, 6.45) is 6.10. The maximum absolute atomic E-state index is 12.6. The van der Waals surface area contributed by atoms with Crippen molar-refractivity contribution in [2.24, 2.45) is 17.8 Å². The van der Waals surface area contributed by atoms with Crippen LogP contribution in [0.4, 0.5) is 0 Å². The monoisotopic (exact) mass is 349 g/mol. The van der Waals surface area contributed by atoms with Crippen molar-refractivity contribution in [3.8, 4) is 0 Å². The molecular weight excluding hydrogens is 318 g/mol. The van der Waals surface area contributed by atoms with Crippen molar-refractivity contribution in [2.75, 3.05) is 59.0 Å². The van der Waals surface area contributed by atoms with Gasteiger partial charge in [-0.15, -0.1) is 0 Å². The fourth-order valence-corrected chi connectivity index (χ4v) is 5.24. The quantitative estimate of drug-likeness (QED) is 0.754. The average molecular weight is 349 g/mol. The first-order chi connectivity index (χ1) is 12.2. The third-order valence-corrected chi connectivity index (χ3v) is 6.77. The van der Waals surface area contributed by atoms with Gasteiger partial charge in [0.05, 0.1) is 19.8 Å². The third-order valence-electron chi connectivity index (χ3n) is 6.77. The van der Waals surface area contributed by atoms with E-state index in [1.165, 1.54) is 25.7 Å². The number of rotatable bonds is 4. The van der Waals surface area contributed by atoms with Gasteiger partial charge in [0.25, 0.3) is 0 Å². The number of piperazine rings is 1. The zero-order chi connectivity index (χ0) is 17.2. The van der Waals surface area contributed by atoms with Crippen molar-refractivity contribution in [1.29, 1.82) is 0 Å². The fourth-order valence-electron chi connectivity index (χ4n) is 5.24. The van der Waals surface area contributed by atoms with Gasteiger partial charge in [-0.1, -0.05) is 6.42 Å². The SMILES string of the molecule is O=C(CC1CC2CCC1C2)N1CCN(C(=O)CN2CCOCC2)CC1. The van der Waals surface area contributed by atoms with Crippen LogP contribution >= 0.6 is 0 Å². The number of carbonyl (C=O) groups is 2. The van der Waals surface area contributed by atoms with Crippen LogP contribution in [0.5, 0.6) is 0 Å². The third kappa shape index (κ3) is 4.00. The minimum Gasteiger partial charge on any atom is -0.379 e. The van der Waals surface area contributed by atoms with Gasteiger partial charge < -0.3 is 14.5 Å². The average Bonchev–Trinajstić information content (AvgIpc) is 3.25. The zero-order valence-corrected chi connectivity index (χ0v) is 15.2. The minimum atomic E-state index is 0.196. The Hall–Kier alpha value is -1.14. The zero-order valence-electron chi connectivity index (χ0n) is 15.2. The molecule has 2 amide bonds. The highest BCUT2D eigenvalue weighted by Crippen LogP contribution is 2.49. The van der Waals surface area contributed by atoms with E-state index >= 15 is 0 Å². The van der Waals surface area contributed by atoms with E-state index in [0.717, 1.165) is 44.6 Å². The van der Waals surface area contributed by atoms with E-state index in [1.54, 1.807) is 0 Å². The molecule has 3 unspecified atom stereocenters. The van der Waals surface area contributed by atoms with Gasteiger partial charge in [-0.25, -0.2) is 0 Å². The predicted octanol–water partition coefficient (Wildman–Crippen LogP) is 0.816. The van der Waals surface area contributed by atoms with Crippen LogP contribution in [0.1, 0.15) is 32.1 Å². The molecule has 2 saturated heterocycles. The first-order valence-corrected chi connectivity index (χ1v) is 10.0. The Morgan fingerprint density at radius 1 is 0.840 bits per heavy atom. The molecule has 25 heavy (non-hydrogen) atoms. The first kappa shape index (κ1) is 17.3. The molecule has 3 atom stereocenters. The Morgan fingerprint density at radius 3 is 2.12 bits per heavy atom. The number of nitrogens with zero attached hydrogens (tertiary/aromatic N) is 3.